The zero-order chi connectivity index (χ0) is 12.5. The van der Waals surface area contributed by atoms with E-state index in [0.29, 0.717) is 11.4 Å². The second kappa shape index (κ2) is 4.66. The van der Waals surface area contributed by atoms with Gasteiger partial charge in [-0.15, -0.1) is 0 Å². The summed E-state index contributed by atoms with van der Waals surface area (Å²) < 4.78 is 22.6. The van der Waals surface area contributed by atoms with Gasteiger partial charge in [0.15, 0.2) is 9.84 Å². The lowest BCUT2D eigenvalue weighted by molar-refractivity contribution is 0.154. The molecular formula is C12H17NO3S. The smallest absolute Gasteiger partial charge is 0.175 e. The average molecular weight is 255 g/mol. The van der Waals surface area contributed by atoms with Gasteiger partial charge in [0.1, 0.15) is 0 Å². The fraction of sp³-hybridized carbons (Fsp3) is 0.500. The Morgan fingerprint density at radius 2 is 1.94 bits per heavy atom. The van der Waals surface area contributed by atoms with E-state index in [1.54, 1.807) is 24.3 Å². The van der Waals surface area contributed by atoms with Crippen molar-refractivity contribution in [2.24, 2.45) is 0 Å². The first-order valence-corrected chi connectivity index (χ1v) is 7.59. The van der Waals surface area contributed by atoms with Crippen molar-refractivity contribution in [1.29, 1.82) is 0 Å². The first kappa shape index (κ1) is 12.4. The maximum atomic E-state index is 11.3. The minimum Gasteiger partial charge on any atom is -0.391 e. The van der Waals surface area contributed by atoms with Gasteiger partial charge in [0.25, 0.3) is 0 Å². The molecule has 17 heavy (non-hydrogen) atoms. The van der Waals surface area contributed by atoms with Crippen LogP contribution in [0.1, 0.15) is 12.8 Å². The first-order valence-electron chi connectivity index (χ1n) is 5.70. The number of rotatable bonds is 2. The van der Waals surface area contributed by atoms with E-state index in [4.69, 9.17) is 0 Å². The Morgan fingerprint density at radius 3 is 2.47 bits per heavy atom. The third-order valence-electron chi connectivity index (χ3n) is 3.03. The highest BCUT2D eigenvalue weighted by atomic mass is 32.2. The SMILES string of the molecule is CS(=O)(=O)c1ccc(N2CCC[C@H](O)C2)cc1. The number of hydrogen-bond acceptors (Lipinski definition) is 4. The molecular weight excluding hydrogens is 238 g/mol. The molecule has 0 aliphatic carbocycles. The predicted octanol–water partition coefficient (Wildman–Crippen LogP) is 1.05. The first-order chi connectivity index (χ1) is 7.97. The van der Waals surface area contributed by atoms with E-state index in [9.17, 15) is 13.5 Å². The molecule has 1 aliphatic heterocycles. The molecule has 0 amide bonds. The van der Waals surface area contributed by atoms with Crippen LogP contribution in [-0.4, -0.2) is 39.0 Å². The van der Waals surface area contributed by atoms with E-state index in [1.807, 2.05) is 0 Å². The van der Waals surface area contributed by atoms with Crippen molar-refractivity contribution in [2.75, 3.05) is 24.2 Å². The molecule has 1 aliphatic rings. The minimum atomic E-state index is -3.13. The fourth-order valence-corrected chi connectivity index (χ4v) is 2.72. The number of sulfone groups is 1. The van der Waals surface area contributed by atoms with Gasteiger partial charge in [0, 0.05) is 25.0 Å². The van der Waals surface area contributed by atoms with Crippen molar-refractivity contribution >= 4 is 15.5 Å². The number of anilines is 1. The van der Waals surface area contributed by atoms with Crippen LogP contribution in [0.5, 0.6) is 0 Å². The quantitative estimate of drug-likeness (QED) is 0.858. The molecule has 1 aromatic carbocycles. The molecule has 0 spiro atoms. The van der Waals surface area contributed by atoms with Crippen molar-refractivity contribution in [2.45, 2.75) is 23.8 Å². The number of benzene rings is 1. The zero-order valence-corrected chi connectivity index (χ0v) is 10.7. The van der Waals surface area contributed by atoms with E-state index >= 15 is 0 Å². The summed E-state index contributed by atoms with van der Waals surface area (Å²) in [6.45, 7) is 1.54. The largest absolute Gasteiger partial charge is 0.391 e. The highest BCUT2D eigenvalue weighted by Gasteiger charge is 2.18. The van der Waals surface area contributed by atoms with E-state index in [0.717, 1.165) is 25.1 Å². The van der Waals surface area contributed by atoms with Crippen molar-refractivity contribution in [3.05, 3.63) is 24.3 Å². The number of aliphatic hydroxyl groups is 1. The number of β-amino-alcohol motifs (C(OH)–C–C–N with tert-alkyl or cyclic N) is 1. The van der Waals surface area contributed by atoms with Gasteiger partial charge in [-0.3, -0.25) is 0 Å². The number of nitrogens with zero attached hydrogens (tertiary/aromatic N) is 1. The Morgan fingerprint density at radius 1 is 1.29 bits per heavy atom. The molecule has 0 aromatic heterocycles. The summed E-state index contributed by atoms with van der Waals surface area (Å²) in [7, 11) is -3.13. The van der Waals surface area contributed by atoms with Gasteiger partial charge in [-0.1, -0.05) is 0 Å². The van der Waals surface area contributed by atoms with Crippen LogP contribution in [0.15, 0.2) is 29.2 Å². The summed E-state index contributed by atoms with van der Waals surface area (Å²) in [6, 6.07) is 6.83. The number of piperidine rings is 1. The number of hydrogen-bond donors (Lipinski definition) is 1. The lowest BCUT2D eigenvalue weighted by Crippen LogP contribution is -2.38. The van der Waals surface area contributed by atoms with Crippen LogP contribution < -0.4 is 4.90 Å². The van der Waals surface area contributed by atoms with E-state index in [1.165, 1.54) is 6.26 Å². The lowest BCUT2D eigenvalue weighted by Gasteiger charge is -2.32. The van der Waals surface area contributed by atoms with Crippen LogP contribution in [0.3, 0.4) is 0 Å². The average Bonchev–Trinajstić information content (AvgIpc) is 2.28. The third kappa shape index (κ3) is 2.98. The van der Waals surface area contributed by atoms with Crippen LogP contribution in [-0.2, 0) is 9.84 Å². The highest BCUT2D eigenvalue weighted by molar-refractivity contribution is 7.90. The summed E-state index contributed by atoms with van der Waals surface area (Å²) in [5, 5.41) is 9.59. The standard InChI is InChI=1S/C12H17NO3S/c1-17(15,16)12-6-4-10(5-7-12)13-8-2-3-11(14)9-13/h4-7,11,14H,2-3,8-9H2,1H3/t11-/m0/s1. The lowest BCUT2D eigenvalue weighted by atomic mass is 10.1. The van der Waals surface area contributed by atoms with Crippen LogP contribution in [0.2, 0.25) is 0 Å². The van der Waals surface area contributed by atoms with Crippen LogP contribution >= 0.6 is 0 Å². The van der Waals surface area contributed by atoms with Gasteiger partial charge >= 0.3 is 0 Å². The van der Waals surface area contributed by atoms with Crippen LogP contribution in [0, 0.1) is 0 Å². The van der Waals surface area contributed by atoms with Crippen molar-refractivity contribution < 1.29 is 13.5 Å². The highest BCUT2D eigenvalue weighted by Crippen LogP contribution is 2.21. The maximum absolute atomic E-state index is 11.3. The topological polar surface area (TPSA) is 57.6 Å². The Labute approximate surface area is 102 Å². The van der Waals surface area contributed by atoms with E-state index in [2.05, 4.69) is 4.90 Å². The van der Waals surface area contributed by atoms with Gasteiger partial charge in [-0.25, -0.2) is 8.42 Å². The molecule has 4 nitrogen and oxygen atoms in total. The summed E-state index contributed by atoms with van der Waals surface area (Å²) in [5.74, 6) is 0. The molecule has 2 rings (SSSR count). The molecule has 1 saturated heterocycles. The van der Waals surface area contributed by atoms with Gasteiger partial charge in [-0.05, 0) is 37.1 Å². The fourth-order valence-electron chi connectivity index (χ4n) is 2.09. The molecule has 1 aromatic rings. The molecule has 0 saturated carbocycles. The molecule has 5 heteroatoms. The van der Waals surface area contributed by atoms with Crippen LogP contribution in [0.25, 0.3) is 0 Å². The Bertz CT molecular complexity index is 481. The van der Waals surface area contributed by atoms with E-state index in [-0.39, 0.29) is 6.10 Å². The van der Waals surface area contributed by atoms with Gasteiger partial charge in [0.2, 0.25) is 0 Å². The Hall–Kier alpha value is -1.07. The second-order valence-electron chi connectivity index (χ2n) is 4.51. The second-order valence-corrected chi connectivity index (χ2v) is 6.52. The molecule has 94 valence electrons. The normalized spacial score (nSPS) is 21.5. The molecule has 0 unspecified atom stereocenters. The Kier molecular flexibility index (Phi) is 3.40. The maximum Gasteiger partial charge on any atom is 0.175 e. The summed E-state index contributed by atoms with van der Waals surface area (Å²) in [5.41, 5.74) is 0.969. The third-order valence-corrected chi connectivity index (χ3v) is 4.16. The molecule has 0 radical (unpaired) electrons. The van der Waals surface area contributed by atoms with Crippen molar-refractivity contribution in [3.8, 4) is 0 Å². The monoisotopic (exact) mass is 255 g/mol. The van der Waals surface area contributed by atoms with Crippen molar-refractivity contribution in [3.63, 3.8) is 0 Å². The molecule has 0 bridgehead atoms. The van der Waals surface area contributed by atoms with Gasteiger partial charge in [0.05, 0.1) is 11.0 Å². The van der Waals surface area contributed by atoms with E-state index < -0.39 is 9.84 Å². The van der Waals surface area contributed by atoms with Crippen molar-refractivity contribution in [1.82, 2.24) is 0 Å². The predicted molar refractivity (Wildman–Crippen MR) is 67.0 cm³/mol. The van der Waals surface area contributed by atoms with Gasteiger partial charge < -0.3 is 10.0 Å². The van der Waals surface area contributed by atoms with Gasteiger partial charge in [-0.2, -0.15) is 0 Å². The molecule has 1 heterocycles. The molecule has 1 fully saturated rings. The molecule has 1 N–H and O–H groups in total. The number of aliphatic hydroxyl groups excluding tert-OH is 1. The summed E-state index contributed by atoms with van der Waals surface area (Å²) >= 11 is 0. The zero-order valence-electron chi connectivity index (χ0n) is 9.83. The Balaban J connectivity index is 2.18. The summed E-state index contributed by atoms with van der Waals surface area (Å²) in [4.78, 5) is 2.42. The summed E-state index contributed by atoms with van der Waals surface area (Å²) in [6.07, 6.45) is 2.73. The van der Waals surface area contributed by atoms with Crippen LogP contribution in [0.4, 0.5) is 5.69 Å². The minimum absolute atomic E-state index is 0.279. The molecule has 1 atom stereocenters.